The summed E-state index contributed by atoms with van der Waals surface area (Å²) in [4.78, 5) is 14.9. The highest BCUT2D eigenvalue weighted by Gasteiger charge is 2.44. The van der Waals surface area contributed by atoms with Crippen LogP contribution in [0.15, 0.2) is 36.7 Å². The molecule has 6 nitrogen and oxygen atoms in total. The van der Waals surface area contributed by atoms with E-state index in [0.29, 0.717) is 18.4 Å². The van der Waals surface area contributed by atoms with Crippen LogP contribution in [-0.4, -0.2) is 50.3 Å². The van der Waals surface area contributed by atoms with E-state index < -0.39 is 0 Å². The van der Waals surface area contributed by atoms with Gasteiger partial charge < -0.3 is 0 Å². The number of nitrogens with zero attached hydrogens (tertiary/aromatic N) is 5. The van der Waals surface area contributed by atoms with Crippen molar-refractivity contribution in [3.05, 3.63) is 42.4 Å². The summed E-state index contributed by atoms with van der Waals surface area (Å²) in [5.41, 5.74) is 4.40. The Hall–Kier alpha value is -2.60. The Morgan fingerprint density at radius 2 is 1.89 bits per heavy atom. The smallest absolute Gasteiger partial charge is 0.152 e. The Morgan fingerprint density at radius 3 is 2.61 bits per heavy atom. The van der Waals surface area contributed by atoms with Gasteiger partial charge in [0.2, 0.25) is 0 Å². The molecule has 1 aliphatic heterocycles. The maximum absolute atomic E-state index is 12.6. The molecule has 0 radical (unpaired) electrons. The predicted octanol–water partition coefficient (Wildman–Crippen LogP) is 3.02. The van der Waals surface area contributed by atoms with Crippen LogP contribution in [0.3, 0.4) is 0 Å². The average Bonchev–Trinajstić information content (AvgIpc) is 3.31. The maximum atomic E-state index is 12.6. The van der Waals surface area contributed by atoms with E-state index in [0.717, 1.165) is 40.8 Å². The van der Waals surface area contributed by atoms with E-state index in [4.69, 9.17) is 0 Å². The summed E-state index contributed by atoms with van der Waals surface area (Å²) in [6.45, 7) is 2.65. The van der Waals surface area contributed by atoms with Crippen LogP contribution in [0.25, 0.3) is 22.0 Å². The minimum Gasteiger partial charge on any atom is -0.298 e. The van der Waals surface area contributed by atoms with Gasteiger partial charge in [0.15, 0.2) is 5.78 Å². The van der Waals surface area contributed by atoms with Gasteiger partial charge in [0.25, 0.3) is 0 Å². The largest absolute Gasteiger partial charge is 0.298 e. The Kier molecular flexibility index (Phi) is 4.23. The van der Waals surface area contributed by atoms with Gasteiger partial charge in [-0.25, -0.2) is 0 Å². The fraction of sp³-hybridized carbons (Fsp3) is 0.455. The lowest BCUT2D eigenvalue weighted by molar-refractivity contribution is -0.120. The monoisotopic (exact) mass is 375 g/mol. The summed E-state index contributed by atoms with van der Waals surface area (Å²) >= 11 is 0. The van der Waals surface area contributed by atoms with Crippen LogP contribution in [0, 0.1) is 5.41 Å². The zero-order valence-electron chi connectivity index (χ0n) is 16.3. The van der Waals surface area contributed by atoms with Gasteiger partial charge in [-0.2, -0.15) is 15.3 Å². The van der Waals surface area contributed by atoms with Gasteiger partial charge >= 0.3 is 0 Å². The number of aromatic nitrogens is 4. The van der Waals surface area contributed by atoms with Crippen LogP contribution < -0.4 is 0 Å². The molecule has 3 heterocycles. The number of hydrogen-bond acceptors (Lipinski definition) is 5. The SMILES string of the molecule is Cn1cc(-c2ccc3nnc(CC(=O)CN4CCC5(CC4)CC5)cc3c2)cn1. The molecule has 5 rings (SSSR count). The number of fused-ring (bicyclic) bond motifs is 1. The molecule has 6 heteroatoms. The Labute approximate surface area is 164 Å². The van der Waals surface area contributed by atoms with E-state index in [1.165, 1.54) is 25.7 Å². The number of rotatable bonds is 5. The quantitative estimate of drug-likeness (QED) is 0.686. The van der Waals surface area contributed by atoms with Crippen LogP contribution >= 0.6 is 0 Å². The number of likely N-dealkylation sites (tertiary alicyclic amines) is 1. The average molecular weight is 375 g/mol. The third-order valence-corrected chi connectivity index (χ3v) is 6.33. The lowest BCUT2D eigenvalue weighted by Crippen LogP contribution is -2.38. The van der Waals surface area contributed by atoms with Crippen molar-refractivity contribution in [2.75, 3.05) is 19.6 Å². The van der Waals surface area contributed by atoms with E-state index in [1.54, 1.807) is 4.68 Å². The van der Waals surface area contributed by atoms with Crippen molar-refractivity contribution in [3.63, 3.8) is 0 Å². The predicted molar refractivity (Wildman–Crippen MR) is 108 cm³/mol. The molecule has 0 N–H and O–H groups in total. The normalized spacial score (nSPS) is 18.6. The van der Waals surface area contributed by atoms with Crippen LogP contribution in [0.5, 0.6) is 0 Å². The zero-order chi connectivity index (χ0) is 19.1. The van der Waals surface area contributed by atoms with Gasteiger partial charge in [-0.3, -0.25) is 14.4 Å². The molecule has 2 aromatic heterocycles. The second kappa shape index (κ2) is 6.78. The second-order valence-corrected chi connectivity index (χ2v) is 8.50. The molecule has 3 aromatic rings. The zero-order valence-corrected chi connectivity index (χ0v) is 16.3. The molecular weight excluding hydrogens is 350 g/mol. The number of carbonyl (C=O) groups excluding carboxylic acids is 1. The van der Waals surface area contributed by atoms with E-state index >= 15 is 0 Å². The molecule has 2 aliphatic rings. The van der Waals surface area contributed by atoms with E-state index in [-0.39, 0.29) is 5.78 Å². The molecule has 1 spiro atoms. The summed E-state index contributed by atoms with van der Waals surface area (Å²) < 4.78 is 1.79. The third-order valence-electron chi connectivity index (χ3n) is 6.33. The van der Waals surface area contributed by atoms with Crippen molar-refractivity contribution in [1.29, 1.82) is 0 Å². The number of Topliss-reactive ketones (excluding diaryl/α,β-unsaturated/α-hetero) is 1. The Bertz CT molecular complexity index is 1030. The molecule has 0 atom stereocenters. The number of aryl methyl sites for hydroxylation is 1. The Balaban J connectivity index is 1.28. The first-order valence-electron chi connectivity index (χ1n) is 10.1. The molecular formula is C22H25N5O. The maximum Gasteiger partial charge on any atom is 0.152 e. The third kappa shape index (κ3) is 3.56. The molecule has 28 heavy (non-hydrogen) atoms. The standard InChI is InChI=1S/C22H25N5O/c1-26-14-18(13-23-26)16-2-3-21-17(10-16)11-19(24-25-21)12-20(28)15-27-8-6-22(4-5-22)7-9-27/h2-3,10-11,13-14H,4-9,12,15H2,1H3. The molecule has 1 aromatic carbocycles. The van der Waals surface area contributed by atoms with Gasteiger partial charge in [-0.15, -0.1) is 0 Å². The number of piperidine rings is 1. The van der Waals surface area contributed by atoms with Crippen LogP contribution in [-0.2, 0) is 18.3 Å². The number of ketones is 1. The fourth-order valence-electron chi connectivity index (χ4n) is 4.29. The van der Waals surface area contributed by atoms with Crippen molar-refractivity contribution >= 4 is 16.7 Å². The highest BCUT2D eigenvalue weighted by atomic mass is 16.1. The van der Waals surface area contributed by atoms with Gasteiger partial charge in [0.1, 0.15) is 0 Å². The van der Waals surface area contributed by atoms with Crippen molar-refractivity contribution in [2.45, 2.75) is 32.1 Å². The van der Waals surface area contributed by atoms with Gasteiger partial charge in [-0.1, -0.05) is 6.07 Å². The fourth-order valence-corrected chi connectivity index (χ4v) is 4.29. The van der Waals surface area contributed by atoms with Crippen molar-refractivity contribution in [1.82, 2.24) is 24.9 Å². The first kappa shape index (κ1) is 17.5. The highest BCUT2D eigenvalue weighted by molar-refractivity contribution is 5.86. The molecule has 0 unspecified atom stereocenters. The van der Waals surface area contributed by atoms with Crippen LogP contribution in [0.4, 0.5) is 0 Å². The summed E-state index contributed by atoms with van der Waals surface area (Å²) in [5, 5.41) is 13.8. The molecule has 2 fully saturated rings. The van der Waals surface area contributed by atoms with Crippen LogP contribution in [0.1, 0.15) is 31.4 Å². The lowest BCUT2D eigenvalue weighted by Gasteiger charge is -2.31. The minimum atomic E-state index is 0.226. The summed E-state index contributed by atoms with van der Waals surface area (Å²) in [5.74, 6) is 0.226. The number of hydrogen-bond donors (Lipinski definition) is 0. The molecule has 0 amide bonds. The molecule has 1 saturated heterocycles. The first-order valence-corrected chi connectivity index (χ1v) is 10.1. The van der Waals surface area contributed by atoms with Crippen molar-refractivity contribution in [3.8, 4) is 11.1 Å². The van der Waals surface area contributed by atoms with E-state index in [9.17, 15) is 4.79 Å². The first-order chi connectivity index (χ1) is 13.6. The topological polar surface area (TPSA) is 63.9 Å². The highest BCUT2D eigenvalue weighted by Crippen LogP contribution is 2.53. The number of carbonyl (C=O) groups is 1. The minimum absolute atomic E-state index is 0.226. The van der Waals surface area contributed by atoms with Crippen LogP contribution in [0.2, 0.25) is 0 Å². The van der Waals surface area contributed by atoms with Crippen molar-refractivity contribution in [2.24, 2.45) is 12.5 Å². The molecule has 1 aliphatic carbocycles. The summed E-state index contributed by atoms with van der Waals surface area (Å²) in [6.07, 6.45) is 9.49. The molecule has 0 bridgehead atoms. The van der Waals surface area contributed by atoms with Crippen molar-refractivity contribution < 1.29 is 4.79 Å². The van der Waals surface area contributed by atoms with E-state index in [2.05, 4.69) is 26.3 Å². The van der Waals surface area contributed by atoms with Gasteiger partial charge in [0, 0.05) is 24.2 Å². The van der Waals surface area contributed by atoms with Gasteiger partial charge in [-0.05, 0) is 68.0 Å². The molecule has 144 valence electrons. The number of benzene rings is 1. The second-order valence-electron chi connectivity index (χ2n) is 8.50. The summed E-state index contributed by atoms with van der Waals surface area (Å²) in [6, 6.07) is 8.09. The summed E-state index contributed by atoms with van der Waals surface area (Å²) in [7, 11) is 1.91. The van der Waals surface area contributed by atoms with E-state index in [1.807, 2.05) is 37.6 Å². The Morgan fingerprint density at radius 1 is 1.07 bits per heavy atom. The lowest BCUT2D eigenvalue weighted by atomic mass is 9.93. The van der Waals surface area contributed by atoms with Gasteiger partial charge in [0.05, 0.1) is 30.4 Å². The molecule has 1 saturated carbocycles.